The minimum absolute atomic E-state index is 0.0164. The molecule has 1 atom stereocenters. The second-order valence-corrected chi connectivity index (χ2v) is 12.5. The molecule has 0 aliphatic rings. The van der Waals surface area contributed by atoms with Crippen LogP contribution in [0.1, 0.15) is 40.0 Å². The van der Waals surface area contributed by atoms with Crippen molar-refractivity contribution in [3.05, 3.63) is 86.0 Å². The monoisotopic (exact) mass is 378 g/mol. The lowest BCUT2D eigenvalue weighted by Crippen LogP contribution is -2.66. The Bertz CT molecular complexity index is 661. The van der Waals surface area contributed by atoms with E-state index in [1.54, 1.807) is 0 Å². The molecule has 0 aromatic heterocycles. The molecule has 0 N–H and O–H groups in total. The van der Waals surface area contributed by atoms with Gasteiger partial charge in [-0.15, -0.1) is 13.2 Å². The fourth-order valence-electron chi connectivity index (χ4n) is 3.79. The van der Waals surface area contributed by atoms with Gasteiger partial charge in [0.15, 0.2) is 0 Å². The van der Waals surface area contributed by atoms with Crippen LogP contribution in [0.4, 0.5) is 0 Å². The van der Waals surface area contributed by atoms with E-state index in [-0.39, 0.29) is 5.04 Å². The van der Waals surface area contributed by atoms with Gasteiger partial charge in [-0.3, -0.25) is 0 Å². The molecule has 0 saturated carbocycles. The molecule has 0 radical (unpaired) electrons. The summed E-state index contributed by atoms with van der Waals surface area (Å²) in [6.07, 6.45) is 7.31. The fourth-order valence-corrected chi connectivity index (χ4v) is 8.41. The molecule has 2 aromatic rings. The lowest BCUT2D eigenvalue weighted by Gasteiger charge is -2.43. The number of hydrogen-bond acceptors (Lipinski definition) is 1. The summed E-state index contributed by atoms with van der Waals surface area (Å²) in [6.45, 7) is 15.6. The maximum Gasteiger partial charge on any atom is 0.261 e. The van der Waals surface area contributed by atoms with Gasteiger partial charge in [-0.05, 0) is 40.6 Å². The zero-order chi connectivity index (χ0) is 19.8. The first-order valence-electron chi connectivity index (χ1n) is 9.94. The fraction of sp³-hybridized carbons (Fsp3) is 0.360. The lowest BCUT2D eigenvalue weighted by molar-refractivity contribution is 0.251. The van der Waals surface area contributed by atoms with Crippen LogP contribution in [0.2, 0.25) is 5.04 Å². The van der Waals surface area contributed by atoms with Crippen molar-refractivity contribution in [2.75, 3.05) is 6.61 Å². The Balaban J connectivity index is 2.43. The molecule has 0 amide bonds. The van der Waals surface area contributed by atoms with Crippen molar-refractivity contribution in [1.29, 1.82) is 0 Å². The van der Waals surface area contributed by atoms with Gasteiger partial charge in [0, 0.05) is 6.61 Å². The van der Waals surface area contributed by atoms with Gasteiger partial charge in [-0.25, -0.2) is 0 Å². The smallest absolute Gasteiger partial charge is 0.261 e. The first-order chi connectivity index (χ1) is 13.0. The Labute approximate surface area is 166 Å². The van der Waals surface area contributed by atoms with Crippen LogP contribution in [-0.4, -0.2) is 14.9 Å². The van der Waals surface area contributed by atoms with Crippen LogP contribution >= 0.6 is 0 Å². The Kier molecular flexibility index (Phi) is 7.82. The Morgan fingerprint density at radius 3 is 1.85 bits per heavy atom. The van der Waals surface area contributed by atoms with Crippen LogP contribution < -0.4 is 10.4 Å². The summed E-state index contributed by atoms with van der Waals surface area (Å²) in [5.74, 6) is 0.367. The molecular formula is C25H34OSi. The average Bonchev–Trinajstić information content (AvgIpc) is 2.67. The molecule has 0 heterocycles. The Morgan fingerprint density at radius 1 is 0.926 bits per heavy atom. The minimum Gasteiger partial charge on any atom is -0.407 e. The molecule has 0 aliphatic heterocycles. The van der Waals surface area contributed by atoms with Gasteiger partial charge in [0.05, 0.1) is 0 Å². The molecule has 0 saturated heterocycles. The van der Waals surface area contributed by atoms with Gasteiger partial charge in [-0.2, -0.15) is 0 Å². The third-order valence-corrected chi connectivity index (χ3v) is 10.3. The van der Waals surface area contributed by atoms with E-state index in [1.165, 1.54) is 10.4 Å². The summed E-state index contributed by atoms with van der Waals surface area (Å²) in [7, 11) is -2.44. The van der Waals surface area contributed by atoms with Crippen molar-refractivity contribution in [3.63, 3.8) is 0 Å². The van der Waals surface area contributed by atoms with E-state index in [0.29, 0.717) is 12.5 Å². The second-order valence-electron chi connectivity index (χ2n) is 8.19. The summed E-state index contributed by atoms with van der Waals surface area (Å²) in [5, 5.41) is 2.68. The summed E-state index contributed by atoms with van der Waals surface area (Å²) >= 11 is 0. The van der Waals surface area contributed by atoms with E-state index in [1.807, 2.05) is 6.08 Å². The van der Waals surface area contributed by atoms with Gasteiger partial charge in [-0.1, -0.05) is 93.6 Å². The highest BCUT2D eigenvalue weighted by Gasteiger charge is 2.50. The number of allylic oxidation sites excluding steroid dienone is 1. The van der Waals surface area contributed by atoms with Crippen LogP contribution in [0.15, 0.2) is 86.0 Å². The Hall–Kier alpha value is -1.90. The topological polar surface area (TPSA) is 9.23 Å². The van der Waals surface area contributed by atoms with Crippen molar-refractivity contribution < 1.29 is 4.43 Å². The largest absolute Gasteiger partial charge is 0.407 e. The first-order valence-corrected chi connectivity index (χ1v) is 11.8. The number of benzene rings is 2. The van der Waals surface area contributed by atoms with Crippen LogP contribution in [0, 0.1) is 5.92 Å². The highest BCUT2D eigenvalue weighted by atomic mass is 28.4. The predicted molar refractivity (Wildman–Crippen MR) is 121 cm³/mol. The van der Waals surface area contributed by atoms with Gasteiger partial charge >= 0.3 is 0 Å². The van der Waals surface area contributed by atoms with Crippen molar-refractivity contribution >= 4 is 18.7 Å². The van der Waals surface area contributed by atoms with Crippen LogP contribution in [0.5, 0.6) is 0 Å². The molecule has 0 fully saturated rings. The molecular weight excluding hydrogens is 344 g/mol. The van der Waals surface area contributed by atoms with E-state index in [4.69, 9.17) is 4.43 Å². The summed E-state index contributed by atoms with van der Waals surface area (Å²) < 4.78 is 6.99. The van der Waals surface area contributed by atoms with Crippen molar-refractivity contribution in [1.82, 2.24) is 0 Å². The van der Waals surface area contributed by atoms with Gasteiger partial charge in [0.2, 0.25) is 0 Å². The second kappa shape index (κ2) is 9.87. The molecule has 2 aromatic carbocycles. The third-order valence-electron chi connectivity index (χ3n) is 5.25. The van der Waals surface area contributed by atoms with Gasteiger partial charge < -0.3 is 4.43 Å². The van der Waals surface area contributed by atoms with E-state index in [2.05, 4.69) is 101 Å². The predicted octanol–water partition coefficient (Wildman–Crippen LogP) is 5.72. The van der Waals surface area contributed by atoms with Crippen molar-refractivity contribution in [3.8, 4) is 0 Å². The molecule has 144 valence electrons. The standard InChI is InChI=1S/C25H34OSi/c1-6-8-11-16-22(7-2)21-26-27(25(3,4)5,23-17-12-9-13-18-23)24-19-14-10-15-20-24/h6-7,9-10,12-15,17-20,22H,1-2,8,11,16,21H2,3-5H3/t22-/m1/s1. The zero-order valence-electron chi connectivity index (χ0n) is 17.2. The van der Waals surface area contributed by atoms with Gasteiger partial charge in [0.25, 0.3) is 8.32 Å². The molecule has 0 unspecified atom stereocenters. The number of rotatable bonds is 10. The molecule has 27 heavy (non-hydrogen) atoms. The third kappa shape index (κ3) is 5.09. The van der Waals surface area contributed by atoms with Gasteiger partial charge in [0.1, 0.15) is 0 Å². The molecule has 0 aliphatic carbocycles. The maximum atomic E-state index is 6.99. The normalized spacial score (nSPS) is 13.1. The van der Waals surface area contributed by atoms with Crippen LogP contribution in [-0.2, 0) is 4.43 Å². The summed E-state index contributed by atoms with van der Waals surface area (Å²) in [6, 6.07) is 21.6. The quantitative estimate of drug-likeness (QED) is 0.292. The SMILES string of the molecule is C=CCCC[C@@H](C=C)CO[Si](c1ccccc1)(c1ccccc1)C(C)(C)C. The van der Waals surface area contributed by atoms with E-state index >= 15 is 0 Å². The highest BCUT2D eigenvalue weighted by molar-refractivity contribution is 6.99. The maximum absolute atomic E-state index is 6.99. The molecule has 1 nitrogen and oxygen atoms in total. The van der Waals surface area contributed by atoms with E-state index in [0.717, 1.165) is 19.3 Å². The Morgan fingerprint density at radius 2 is 1.44 bits per heavy atom. The van der Waals surface area contributed by atoms with Crippen molar-refractivity contribution in [2.24, 2.45) is 5.92 Å². The lowest BCUT2D eigenvalue weighted by atomic mass is 10.0. The minimum atomic E-state index is -2.44. The highest BCUT2D eigenvalue weighted by Crippen LogP contribution is 2.37. The molecule has 2 rings (SSSR count). The summed E-state index contributed by atoms with van der Waals surface area (Å²) in [5.41, 5.74) is 0. The molecule has 2 heteroatoms. The molecule has 0 spiro atoms. The summed E-state index contributed by atoms with van der Waals surface area (Å²) in [4.78, 5) is 0. The van der Waals surface area contributed by atoms with Crippen molar-refractivity contribution in [2.45, 2.75) is 45.1 Å². The number of hydrogen-bond donors (Lipinski definition) is 0. The van der Waals surface area contributed by atoms with Crippen LogP contribution in [0.3, 0.4) is 0 Å². The number of unbranched alkanes of at least 4 members (excludes halogenated alkanes) is 1. The van der Waals surface area contributed by atoms with E-state index < -0.39 is 8.32 Å². The first kappa shape index (κ1) is 21.4. The zero-order valence-corrected chi connectivity index (χ0v) is 18.2. The molecule has 0 bridgehead atoms. The average molecular weight is 379 g/mol. The van der Waals surface area contributed by atoms with Crippen LogP contribution in [0.25, 0.3) is 0 Å². The van der Waals surface area contributed by atoms with E-state index in [9.17, 15) is 0 Å².